The van der Waals surface area contributed by atoms with E-state index < -0.39 is 7.60 Å². The lowest BCUT2D eigenvalue weighted by molar-refractivity contribution is -0.137. The van der Waals surface area contributed by atoms with Gasteiger partial charge in [0.2, 0.25) is 5.91 Å². The summed E-state index contributed by atoms with van der Waals surface area (Å²) in [7, 11) is -4.07. The molecule has 152 valence electrons. The fraction of sp³-hybridized carbons (Fsp3) is 0.650. The largest absolute Gasteiger partial charge is 0.335 e. The molecule has 0 heterocycles. The number of carbonyl (C=O) groups is 1. The summed E-state index contributed by atoms with van der Waals surface area (Å²) < 4.78 is 11.1. The molecular weight excluding hydrogens is 363 g/mol. The maximum Gasteiger partial charge on any atom is 0.329 e. The Morgan fingerprint density at radius 3 is 2.11 bits per heavy atom. The fourth-order valence-corrected chi connectivity index (χ4v) is 4.26. The second-order valence-electron chi connectivity index (χ2n) is 8.97. The minimum absolute atomic E-state index is 0.0757. The lowest BCUT2D eigenvalue weighted by Crippen LogP contribution is -2.44. The highest BCUT2D eigenvalue weighted by Crippen LogP contribution is 2.39. The molecule has 1 saturated carbocycles. The molecule has 0 aliphatic heterocycles. The number of rotatable bonds is 6. The lowest BCUT2D eigenvalue weighted by Gasteiger charge is -2.37. The molecule has 1 aliphatic carbocycles. The number of hydrogen-bond acceptors (Lipinski definition) is 3. The van der Waals surface area contributed by atoms with Crippen molar-refractivity contribution in [1.29, 1.82) is 0 Å². The van der Waals surface area contributed by atoms with Crippen molar-refractivity contribution >= 4 is 13.5 Å². The minimum atomic E-state index is -4.07. The highest BCUT2D eigenvalue weighted by molar-refractivity contribution is 7.50. The van der Waals surface area contributed by atoms with Crippen LogP contribution >= 0.6 is 7.60 Å². The first-order valence-corrected chi connectivity index (χ1v) is 11.4. The second-order valence-corrected chi connectivity index (χ2v) is 10.6. The van der Waals surface area contributed by atoms with E-state index in [0.29, 0.717) is 18.5 Å². The second kappa shape index (κ2) is 8.87. The van der Waals surface area contributed by atoms with Gasteiger partial charge in [0.15, 0.2) is 0 Å². The van der Waals surface area contributed by atoms with Crippen LogP contribution in [0.1, 0.15) is 64.0 Å². The van der Waals surface area contributed by atoms with Gasteiger partial charge in [0, 0.05) is 25.0 Å². The Bertz CT molecular complexity index is 670. The third-order valence-electron chi connectivity index (χ3n) is 4.95. The number of benzene rings is 1. The molecule has 1 amide bonds. The highest BCUT2D eigenvalue weighted by Gasteiger charge is 2.30. The van der Waals surface area contributed by atoms with E-state index in [9.17, 15) is 9.36 Å². The zero-order valence-corrected chi connectivity index (χ0v) is 17.5. The zero-order valence-electron chi connectivity index (χ0n) is 16.6. The number of amides is 1. The molecule has 0 saturated heterocycles. The van der Waals surface area contributed by atoms with Crippen LogP contribution in [0.15, 0.2) is 24.3 Å². The molecule has 0 atom stereocenters. The highest BCUT2D eigenvalue weighted by atomic mass is 31.2. The van der Waals surface area contributed by atoms with Gasteiger partial charge in [-0.25, -0.2) is 0 Å². The van der Waals surface area contributed by atoms with Gasteiger partial charge in [-0.1, -0.05) is 45.0 Å². The van der Waals surface area contributed by atoms with Gasteiger partial charge in [0.1, 0.15) is 0 Å². The maximum absolute atomic E-state index is 13.0. The molecule has 7 heteroatoms. The molecule has 0 unspecified atom stereocenters. The normalized spacial score (nSPS) is 21.1. The summed E-state index contributed by atoms with van der Waals surface area (Å²) in [4.78, 5) is 33.2. The van der Waals surface area contributed by atoms with E-state index >= 15 is 0 Å². The molecule has 1 aliphatic rings. The van der Waals surface area contributed by atoms with Crippen LogP contribution in [0.5, 0.6) is 0 Å². The summed E-state index contributed by atoms with van der Waals surface area (Å²) in [5.41, 5.74) is 7.53. The van der Waals surface area contributed by atoms with Crippen LogP contribution in [0.4, 0.5) is 0 Å². The van der Waals surface area contributed by atoms with Crippen molar-refractivity contribution in [3.63, 3.8) is 0 Å². The summed E-state index contributed by atoms with van der Waals surface area (Å²) in [6.07, 6.45) is 3.95. The van der Waals surface area contributed by atoms with Gasteiger partial charge in [-0.15, -0.1) is 0 Å². The molecular formula is C20H33N2O4P. The predicted octanol–water partition coefficient (Wildman–Crippen LogP) is 3.40. The quantitative estimate of drug-likeness (QED) is 0.640. The predicted molar refractivity (Wildman–Crippen MR) is 107 cm³/mol. The van der Waals surface area contributed by atoms with Crippen LogP contribution < -0.4 is 5.73 Å². The Morgan fingerprint density at radius 2 is 1.63 bits per heavy atom. The first-order chi connectivity index (χ1) is 12.4. The van der Waals surface area contributed by atoms with Gasteiger partial charge in [-0.3, -0.25) is 9.36 Å². The van der Waals surface area contributed by atoms with Gasteiger partial charge in [0.05, 0.1) is 6.16 Å². The van der Waals surface area contributed by atoms with Gasteiger partial charge in [-0.05, 0) is 42.2 Å². The van der Waals surface area contributed by atoms with E-state index in [2.05, 4.69) is 20.8 Å². The summed E-state index contributed by atoms with van der Waals surface area (Å²) in [6, 6.07) is 7.62. The molecule has 0 spiro atoms. The molecule has 1 aromatic rings. The Hall–Kier alpha value is -1.20. The molecule has 4 N–H and O–H groups in total. The average Bonchev–Trinajstić information content (AvgIpc) is 2.52. The molecule has 6 nitrogen and oxygen atoms in total. The van der Waals surface area contributed by atoms with Crippen molar-refractivity contribution < 1.29 is 19.1 Å². The number of carbonyl (C=O) groups excluding carboxylic acids is 1. The molecule has 1 fully saturated rings. The lowest BCUT2D eigenvalue weighted by atomic mass is 9.88. The van der Waals surface area contributed by atoms with Gasteiger partial charge in [-0.2, -0.15) is 0 Å². The Labute approximate surface area is 162 Å². The molecule has 0 radical (unpaired) electrons. The number of nitrogens with two attached hydrogens (primary N) is 1. The van der Waals surface area contributed by atoms with Gasteiger partial charge < -0.3 is 20.4 Å². The smallest absolute Gasteiger partial charge is 0.329 e. The molecule has 0 bridgehead atoms. The topological polar surface area (TPSA) is 104 Å². The van der Waals surface area contributed by atoms with Crippen LogP contribution in [-0.4, -0.2) is 32.7 Å². The first-order valence-electron chi connectivity index (χ1n) is 9.60. The molecule has 27 heavy (non-hydrogen) atoms. The molecule has 0 aromatic heterocycles. The van der Waals surface area contributed by atoms with Crippen molar-refractivity contribution in [3.05, 3.63) is 35.4 Å². The van der Waals surface area contributed by atoms with Crippen molar-refractivity contribution in [2.75, 3.05) is 0 Å². The van der Waals surface area contributed by atoms with Crippen LogP contribution in [0.2, 0.25) is 0 Å². The monoisotopic (exact) mass is 396 g/mol. The van der Waals surface area contributed by atoms with E-state index in [-0.39, 0.29) is 29.6 Å². The third kappa shape index (κ3) is 7.74. The molecule has 2 rings (SSSR count). The van der Waals surface area contributed by atoms with E-state index in [4.69, 9.17) is 15.5 Å². The standard InChI is InChI=1S/C20H33N2O4P/c1-20(2,3)12-19(23)22(18-10-8-17(21)9-11-18)13-15-4-6-16(7-5-15)14-27(24,25)26/h4-7,17-18H,8-14,21H2,1-3H3,(H2,24,25,26). The number of hydrogen-bond donors (Lipinski definition) is 3. The van der Waals surface area contributed by atoms with Crippen molar-refractivity contribution in [2.45, 2.75) is 77.7 Å². The van der Waals surface area contributed by atoms with E-state index in [1.165, 1.54) is 0 Å². The van der Waals surface area contributed by atoms with Crippen molar-refractivity contribution in [2.24, 2.45) is 11.1 Å². The average molecular weight is 396 g/mol. The Kier molecular flexibility index (Phi) is 7.26. The first kappa shape index (κ1) is 22.1. The summed E-state index contributed by atoms with van der Waals surface area (Å²) in [5.74, 6) is 0.155. The summed E-state index contributed by atoms with van der Waals surface area (Å²) >= 11 is 0. The van der Waals surface area contributed by atoms with E-state index in [0.717, 1.165) is 31.2 Å². The van der Waals surface area contributed by atoms with Gasteiger partial charge >= 0.3 is 7.60 Å². The zero-order chi connectivity index (χ0) is 20.2. The Balaban J connectivity index is 2.13. The molecule has 1 aromatic carbocycles. The van der Waals surface area contributed by atoms with Crippen LogP contribution in [0, 0.1) is 5.41 Å². The van der Waals surface area contributed by atoms with Crippen LogP contribution in [0.25, 0.3) is 0 Å². The Morgan fingerprint density at radius 1 is 1.11 bits per heavy atom. The van der Waals surface area contributed by atoms with Gasteiger partial charge in [0.25, 0.3) is 0 Å². The van der Waals surface area contributed by atoms with E-state index in [1.807, 2.05) is 17.0 Å². The number of nitrogens with zero attached hydrogens (tertiary/aromatic N) is 1. The SMILES string of the molecule is CC(C)(C)CC(=O)N(Cc1ccc(CP(=O)(O)O)cc1)C1CCC(N)CC1. The van der Waals surface area contributed by atoms with Crippen molar-refractivity contribution in [1.82, 2.24) is 4.90 Å². The fourth-order valence-electron chi connectivity index (χ4n) is 3.57. The minimum Gasteiger partial charge on any atom is -0.335 e. The summed E-state index contributed by atoms with van der Waals surface area (Å²) in [6.45, 7) is 6.72. The van der Waals surface area contributed by atoms with Crippen LogP contribution in [-0.2, 0) is 22.1 Å². The maximum atomic E-state index is 13.0. The summed E-state index contributed by atoms with van der Waals surface area (Å²) in [5, 5.41) is 0. The van der Waals surface area contributed by atoms with E-state index in [1.54, 1.807) is 12.1 Å². The van der Waals surface area contributed by atoms with Crippen LogP contribution in [0.3, 0.4) is 0 Å². The van der Waals surface area contributed by atoms with Crippen molar-refractivity contribution in [3.8, 4) is 0 Å². The third-order valence-corrected chi connectivity index (χ3v) is 5.73.